The maximum Gasteiger partial charge on any atom is 0.223 e. The summed E-state index contributed by atoms with van der Waals surface area (Å²) in [5.41, 5.74) is 5.40. The summed E-state index contributed by atoms with van der Waals surface area (Å²) in [7, 11) is 0. The average Bonchev–Trinajstić information content (AvgIpc) is 2.61. The molecule has 0 aliphatic rings. The van der Waals surface area contributed by atoms with Gasteiger partial charge in [-0.3, -0.25) is 4.79 Å². The zero-order valence-corrected chi connectivity index (χ0v) is 10.1. The van der Waals surface area contributed by atoms with E-state index in [0.717, 1.165) is 6.42 Å². The van der Waals surface area contributed by atoms with Crippen LogP contribution in [0.2, 0.25) is 0 Å². The molecule has 3 N–H and O–H groups in total. The first-order valence-corrected chi connectivity index (χ1v) is 5.98. The fourth-order valence-electron chi connectivity index (χ4n) is 1.31. The van der Waals surface area contributed by atoms with Crippen molar-refractivity contribution < 1.29 is 4.79 Å². The van der Waals surface area contributed by atoms with Gasteiger partial charge < -0.3 is 11.1 Å². The summed E-state index contributed by atoms with van der Waals surface area (Å²) in [5, 5.41) is 2.91. The first kappa shape index (κ1) is 12.2. The Balaban J connectivity index is 2.34. The van der Waals surface area contributed by atoms with Gasteiger partial charge >= 0.3 is 0 Å². The van der Waals surface area contributed by atoms with Crippen LogP contribution in [0.5, 0.6) is 0 Å². The van der Waals surface area contributed by atoms with E-state index in [0.29, 0.717) is 13.1 Å². The summed E-state index contributed by atoms with van der Waals surface area (Å²) in [4.78, 5) is 14.0. The van der Waals surface area contributed by atoms with Crippen molar-refractivity contribution in [3.63, 3.8) is 0 Å². The average molecular weight is 226 g/mol. The molecule has 1 atom stereocenters. The lowest BCUT2D eigenvalue weighted by molar-refractivity contribution is -0.124. The fraction of sp³-hybridized carbons (Fsp3) is 0.545. The van der Waals surface area contributed by atoms with Gasteiger partial charge in [-0.05, 0) is 32.0 Å². The Morgan fingerprint density at radius 3 is 2.87 bits per heavy atom. The van der Waals surface area contributed by atoms with Crippen LogP contribution in [0.25, 0.3) is 0 Å². The minimum Gasteiger partial charge on any atom is -0.351 e. The second-order valence-electron chi connectivity index (χ2n) is 3.71. The summed E-state index contributed by atoms with van der Waals surface area (Å²) in [6.45, 7) is 5.16. The summed E-state index contributed by atoms with van der Waals surface area (Å²) >= 11 is 1.72. The zero-order chi connectivity index (χ0) is 11.3. The molecule has 0 bridgehead atoms. The van der Waals surface area contributed by atoms with Crippen molar-refractivity contribution in [3.8, 4) is 0 Å². The fourth-order valence-corrected chi connectivity index (χ4v) is 2.14. The predicted molar refractivity (Wildman–Crippen MR) is 63.7 cm³/mol. The Morgan fingerprint density at radius 2 is 2.33 bits per heavy atom. The van der Waals surface area contributed by atoms with Crippen molar-refractivity contribution in [2.45, 2.75) is 26.8 Å². The molecular weight excluding hydrogens is 208 g/mol. The molecule has 0 fully saturated rings. The van der Waals surface area contributed by atoms with Crippen molar-refractivity contribution in [3.05, 3.63) is 21.9 Å². The van der Waals surface area contributed by atoms with E-state index in [-0.39, 0.29) is 11.8 Å². The molecule has 1 heterocycles. The maximum absolute atomic E-state index is 11.6. The molecule has 1 unspecified atom stereocenters. The van der Waals surface area contributed by atoms with Crippen LogP contribution in [0.3, 0.4) is 0 Å². The van der Waals surface area contributed by atoms with E-state index >= 15 is 0 Å². The zero-order valence-electron chi connectivity index (χ0n) is 9.25. The third kappa shape index (κ3) is 4.01. The van der Waals surface area contributed by atoms with Gasteiger partial charge in [-0.25, -0.2) is 0 Å². The van der Waals surface area contributed by atoms with E-state index in [1.165, 1.54) is 9.75 Å². The number of carbonyl (C=O) groups excluding carboxylic acids is 1. The van der Waals surface area contributed by atoms with Gasteiger partial charge in [0.25, 0.3) is 0 Å². The molecule has 1 amide bonds. The van der Waals surface area contributed by atoms with Gasteiger partial charge in [-0.15, -0.1) is 11.3 Å². The minimum absolute atomic E-state index is 0.0102. The van der Waals surface area contributed by atoms with Crippen LogP contribution < -0.4 is 11.1 Å². The maximum atomic E-state index is 11.6. The highest BCUT2D eigenvalue weighted by atomic mass is 32.1. The Hall–Kier alpha value is -0.870. The highest BCUT2D eigenvalue weighted by molar-refractivity contribution is 7.11. The lowest BCUT2D eigenvalue weighted by Crippen LogP contribution is -2.29. The van der Waals surface area contributed by atoms with E-state index in [1.54, 1.807) is 11.3 Å². The third-order valence-electron chi connectivity index (χ3n) is 2.28. The standard InChI is InChI=1S/C11H18N2OS/c1-8(5-6-12)11(14)13-7-10-4-3-9(2)15-10/h3-4,8H,5-7,12H2,1-2H3,(H,13,14). The number of hydrogen-bond donors (Lipinski definition) is 2. The van der Waals surface area contributed by atoms with Gasteiger partial charge in [-0.1, -0.05) is 6.92 Å². The van der Waals surface area contributed by atoms with Crippen LogP contribution in [0.4, 0.5) is 0 Å². The molecule has 1 rings (SSSR count). The van der Waals surface area contributed by atoms with Crippen LogP contribution in [0.1, 0.15) is 23.1 Å². The summed E-state index contributed by atoms with van der Waals surface area (Å²) in [5.74, 6) is 0.0996. The van der Waals surface area contributed by atoms with E-state index in [9.17, 15) is 4.79 Å². The molecule has 0 aliphatic carbocycles. The number of thiophene rings is 1. The Morgan fingerprint density at radius 1 is 1.60 bits per heavy atom. The van der Waals surface area contributed by atoms with Gasteiger partial charge in [0, 0.05) is 15.7 Å². The van der Waals surface area contributed by atoms with Crippen LogP contribution in [-0.4, -0.2) is 12.5 Å². The predicted octanol–water partition coefficient (Wildman–Crippen LogP) is 1.66. The Kier molecular flexibility index (Phi) is 4.78. The van der Waals surface area contributed by atoms with Gasteiger partial charge in [0.2, 0.25) is 5.91 Å². The van der Waals surface area contributed by atoms with Gasteiger partial charge in [-0.2, -0.15) is 0 Å². The SMILES string of the molecule is Cc1ccc(CNC(=O)C(C)CCN)s1. The highest BCUT2D eigenvalue weighted by Crippen LogP contribution is 2.14. The minimum atomic E-state index is 0.0102. The third-order valence-corrected chi connectivity index (χ3v) is 3.28. The molecule has 1 aromatic rings. The Bertz CT molecular complexity index is 322. The number of carbonyl (C=O) groups is 1. The van der Waals surface area contributed by atoms with Gasteiger partial charge in [0.15, 0.2) is 0 Å². The lowest BCUT2D eigenvalue weighted by atomic mass is 10.1. The molecular formula is C11H18N2OS. The van der Waals surface area contributed by atoms with Crippen molar-refractivity contribution >= 4 is 17.2 Å². The van der Waals surface area contributed by atoms with Crippen LogP contribution in [0.15, 0.2) is 12.1 Å². The molecule has 15 heavy (non-hydrogen) atoms. The number of nitrogens with one attached hydrogen (secondary N) is 1. The number of aryl methyl sites for hydroxylation is 1. The number of hydrogen-bond acceptors (Lipinski definition) is 3. The molecule has 0 spiro atoms. The smallest absolute Gasteiger partial charge is 0.223 e. The molecule has 1 aromatic heterocycles. The summed E-state index contributed by atoms with van der Waals surface area (Å²) in [6.07, 6.45) is 0.745. The molecule has 0 radical (unpaired) electrons. The second-order valence-corrected chi connectivity index (χ2v) is 5.08. The van der Waals surface area contributed by atoms with Gasteiger partial charge in [0.05, 0.1) is 6.54 Å². The van der Waals surface area contributed by atoms with Crippen LogP contribution in [-0.2, 0) is 11.3 Å². The molecule has 0 aliphatic heterocycles. The molecule has 84 valence electrons. The summed E-state index contributed by atoms with van der Waals surface area (Å²) < 4.78 is 0. The van der Waals surface area contributed by atoms with Crippen molar-refractivity contribution in [2.75, 3.05) is 6.54 Å². The first-order valence-electron chi connectivity index (χ1n) is 5.16. The molecule has 0 saturated heterocycles. The quantitative estimate of drug-likeness (QED) is 0.802. The monoisotopic (exact) mass is 226 g/mol. The van der Waals surface area contributed by atoms with E-state index < -0.39 is 0 Å². The second kappa shape index (κ2) is 5.88. The molecule has 0 saturated carbocycles. The summed E-state index contributed by atoms with van der Waals surface area (Å²) in [6, 6.07) is 4.11. The van der Waals surface area contributed by atoms with Crippen LogP contribution in [0, 0.1) is 12.8 Å². The van der Waals surface area contributed by atoms with E-state index in [1.807, 2.05) is 13.0 Å². The highest BCUT2D eigenvalue weighted by Gasteiger charge is 2.11. The number of rotatable bonds is 5. The number of amides is 1. The Labute approximate surface area is 94.7 Å². The molecule has 4 heteroatoms. The van der Waals surface area contributed by atoms with Crippen molar-refractivity contribution in [1.82, 2.24) is 5.32 Å². The van der Waals surface area contributed by atoms with Crippen molar-refractivity contribution in [2.24, 2.45) is 11.7 Å². The molecule has 0 aromatic carbocycles. The lowest BCUT2D eigenvalue weighted by Gasteiger charge is -2.09. The van der Waals surface area contributed by atoms with Crippen LogP contribution >= 0.6 is 11.3 Å². The molecule has 3 nitrogen and oxygen atoms in total. The van der Waals surface area contributed by atoms with Gasteiger partial charge in [0.1, 0.15) is 0 Å². The topological polar surface area (TPSA) is 55.1 Å². The van der Waals surface area contributed by atoms with E-state index in [2.05, 4.69) is 18.3 Å². The first-order chi connectivity index (χ1) is 7.13. The number of nitrogens with two attached hydrogens (primary N) is 1. The van der Waals surface area contributed by atoms with E-state index in [4.69, 9.17) is 5.73 Å². The van der Waals surface area contributed by atoms with Crippen molar-refractivity contribution in [1.29, 1.82) is 0 Å². The normalized spacial score (nSPS) is 12.5. The largest absolute Gasteiger partial charge is 0.351 e.